The van der Waals surface area contributed by atoms with E-state index in [9.17, 15) is 5.21 Å². The molecule has 1 aromatic rings. The maximum Gasteiger partial charge on any atom is 0.219 e. The van der Waals surface area contributed by atoms with E-state index >= 15 is 0 Å². The fourth-order valence-electron chi connectivity index (χ4n) is 1.67. The molecule has 0 saturated carbocycles. The van der Waals surface area contributed by atoms with Gasteiger partial charge in [0, 0.05) is 19.3 Å². The maximum absolute atomic E-state index is 10.8. The van der Waals surface area contributed by atoms with Gasteiger partial charge >= 0.3 is 0 Å². The van der Waals surface area contributed by atoms with Gasteiger partial charge in [-0.3, -0.25) is 0 Å². The van der Waals surface area contributed by atoms with Crippen molar-refractivity contribution < 1.29 is 9.16 Å². The molecule has 0 aliphatic carbocycles. The highest BCUT2D eigenvalue weighted by Gasteiger charge is 2.03. The van der Waals surface area contributed by atoms with Crippen molar-refractivity contribution in [2.45, 2.75) is 12.3 Å². The Morgan fingerprint density at radius 2 is 2.19 bits per heavy atom. The van der Waals surface area contributed by atoms with Crippen LogP contribution in [0.5, 0.6) is 0 Å². The Labute approximate surface area is 130 Å². The van der Waals surface area contributed by atoms with Gasteiger partial charge in [-0.1, -0.05) is 0 Å². The predicted octanol–water partition coefficient (Wildman–Crippen LogP) is 1.39. The lowest BCUT2D eigenvalue weighted by atomic mass is 10.4. The van der Waals surface area contributed by atoms with E-state index in [-0.39, 0.29) is 0 Å². The van der Waals surface area contributed by atoms with E-state index in [1.807, 2.05) is 26.2 Å². The van der Waals surface area contributed by atoms with E-state index in [2.05, 4.69) is 22.3 Å². The van der Waals surface area contributed by atoms with Gasteiger partial charge in [0.15, 0.2) is 5.82 Å². The second-order valence-corrected chi connectivity index (χ2v) is 5.90. The number of hydrogen-bond donors (Lipinski definition) is 2. The van der Waals surface area contributed by atoms with Gasteiger partial charge in [0.25, 0.3) is 0 Å². The molecule has 0 fully saturated rings. The molecule has 6 nitrogen and oxygen atoms in total. The first-order valence-electron chi connectivity index (χ1n) is 6.71. The van der Waals surface area contributed by atoms with Crippen LogP contribution in [0.1, 0.15) is 11.5 Å². The van der Waals surface area contributed by atoms with Gasteiger partial charge in [0.2, 0.25) is 6.20 Å². The fraction of sp³-hybridized carbons (Fsp3) is 0.500. The number of nitrogens with one attached hydrogen (secondary N) is 2. The minimum absolute atomic E-state index is 0.515. The number of rotatable bonds is 10. The van der Waals surface area contributed by atoms with Crippen molar-refractivity contribution in [1.82, 2.24) is 15.5 Å². The number of furan rings is 1. The molecular weight excluding hydrogens is 288 g/mol. The van der Waals surface area contributed by atoms with Crippen molar-refractivity contribution in [1.29, 1.82) is 0 Å². The fourth-order valence-corrected chi connectivity index (χ4v) is 2.42. The molecule has 0 unspecified atom stereocenters. The zero-order chi connectivity index (χ0) is 15.7. The molecule has 0 atom stereocenters. The third-order valence-corrected chi connectivity index (χ3v) is 3.52. The first kappa shape index (κ1) is 17.5. The van der Waals surface area contributed by atoms with Gasteiger partial charge in [-0.15, -0.1) is 0 Å². The van der Waals surface area contributed by atoms with E-state index < -0.39 is 0 Å². The Balaban J connectivity index is 2.22. The van der Waals surface area contributed by atoms with Crippen LogP contribution in [0.4, 0.5) is 0 Å². The molecule has 21 heavy (non-hydrogen) atoms. The van der Waals surface area contributed by atoms with Crippen LogP contribution in [0.25, 0.3) is 0 Å². The Morgan fingerprint density at radius 1 is 1.48 bits per heavy atom. The second kappa shape index (κ2) is 9.36. The number of hydrogen-bond acceptors (Lipinski definition) is 6. The summed E-state index contributed by atoms with van der Waals surface area (Å²) in [6.45, 7) is 4.81. The molecule has 1 rings (SSSR count). The molecule has 118 valence electrons. The first-order chi connectivity index (χ1) is 10.0. The van der Waals surface area contributed by atoms with Crippen LogP contribution in [0, 0.1) is 5.21 Å². The lowest BCUT2D eigenvalue weighted by Crippen LogP contribution is -2.26. The van der Waals surface area contributed by atoms with Gasteiger partial charge in [0.1, 0.15) is 18.2 Å². The molecule has 0 saturated heterocycles. The maximum atomic E-state index is 10.8. The SMILES string of the molecule is C=[N+]([O-])/C=C(\NC)NCCSCc1ccc(CN(C)C)o1. The molecule has 1 heterocycles. The number of nitrogens with zero attached hydrogens (tertiary/aromatic N) is 2. The van der Waals surface area contributed by atoms with Gasteiger partial charge in [-0.25, -0.2) is 0 Å². The Hall–Kier alpha value is -1.60. The lowest BCUT2D eigenvalue weighted by Gasteiger charge is -2.08. The van der Waals surface area contributed by atoms with Crippen molar-refractivity contribution in [3.05, 3.63) is 40.9 Å². The highest BCUT2D eigenvalue weighted by atomic mass is 32.2. The number of thioether (sulfide) groups is 1. The van der Waals surface area contributed by atoms with Crippen LogP contribution in [-0.4, -0.2) is 49.8 Å². The summed E-state index contributed by atoms with van der Waals surface area (Å²) < 4.78 is 6.25. The Morgan fingerprint density at radius 3 is 2.81 bits per heavy atom. The van der Waals surface area contributed by atoms with Gasteiger partial charge in [-0.05, 0) is 26.2 Å². The Bertz CT molecular complexity index is 471. The minimum atomic E-state index is 0.515. The summed E-state index contributed by atoms with van der Waals surface area (Å²) >= 11 is 1.78. The zero-order valence-corrected chi connectivity index (χ0v) is 13.7. The van der Waals surface area contributed by atoms with E-state index in [0.29, 0.717) is 10.6 Å². The van der Waals surface area contributed by atoms with Crippen molar-refractivity contribution in [2.75, 3.05) is 33.4 Å². The molecule has 0 bridgehead atoms. The normalized spacial score (nSPS) is 11.7. The first-order valence-corrected chi connectivity index (χ1v) is 7.87. The third kappa shape index (κ3) is 7.67. The van der Waals surface area contributed by atoms with Crippen LogP contribution in [0.2, 0.25) is 0 Å². The average molecular weight is 312 g/mol. The molecule has 0 amide bonds. The molecule has 0 spiro atoms. The standard InChI is InChI=1S/C14H24N4O2S/c1-15-14(10-18(4)19)16-7-8-21-11-13-6-5-12(20-13)9-17(2)3/h5-6,10,15-16H,4,7-9,11H2,1-3H3/b14-10+. The predicted molar refractivity (Wildman–Crippen MR) is 88.2 cm³/mol. The van der Waals surface area contributed by atoms with Crippen LogP contribution in [0.15, 0.2) is 28.6 Å². The zero-order valence-electron chi connectivity index (χ0n) is 12.9. The summed E-state index contributed by atoms with van der Waals surface area (Å²) in [5.41, 5.74) is 0. The van der Waals surface area contributed by atoms with Crippen LogP contribution in [-0.2, 0) is 12.3 Å². The summed E-state index contributed by atoms with van der Waals surface area (Å²) in [6, 6.07) is 4.04. The molecule has 7 heteroatoms. The van der Waals surface area contributed by atoms with Crippen molar-refractivity contribution >= 4 is 18.5 Å². The molecular formula is C14H24N4O2S. The largest absolute Gasteiger partial charge is 0.619 e. The molecule has 0 aliphatic heterocycles. The van der Waals surface area contributed by atoms with Crippen LogP contribution in [0.3, 0.4) is 0 Å². The van der Waals surface area contributed by atoms with E-state index in [1.54, 1.807) is 18.8 Å². The van der Waals surface area contributed by atoms with Crippen LogP contribution >= 0.6 is 11.8 Å². The van der Waals surface area contributed by atoms with Gasteiger partial charge in [0.05, 0.1) is 12.3 Å². The summed E-state index contributed by atoms with van der Waals surface area (Å²) in [5.74, 6) is 4.40. The van der Waals surface area contributed by atoms with E-state index in [1.165, 1.54) is 6.20 Å². The highest BCUT2D eigenvalue weighted by molar-refractivity contribution is 7.98. The third-order valence-electron chi connectivity index (χ3n) is 2.54. The Kier molecular flexibility index (Phi) is 7.78. The van der Waals surface area contributed by atoms with Gasteiger partial charge in [-0.2, -0.15) is 16.5 Å². The van der Waals surface area contributed by atoms with E-state index in [4.69, 9.17) is 4.42 Å². The summed E-state index contributed by atoms with van der Waals surface area (Å²) in [7, 11) is 5.79. The number of hydroxylamine groups is 1. The smallest absolute Gasteiger partial charge is 0.219 e. The highest BCUT2D eigenvalue weighted by Crippen LogP contribution is 2.15. The molecule has 0 aromatic carbocycles. The van der Waals surface area contributed by atoms with Gasteiger partial charge < -0.3 is 25.2 Å². The minimum Gasteiger partial charge on any atom is -0.619 e. The van der Waals surface area contributed by atoms with E-state index in [0.717, 1.165) is 36.1 Å². The van der Waals surface area contributed by atoms with Crippen LogP contribution < -0.4 is 10.6 Å². The molecule has 2 N–H and O–H groups in total. The topological polar surface area (TPSA) is 66.5 Å². The van der Waals surface area contributed by atoms with Crippen molar-refractivity contribution in [3.63, 3.8) is 0 Å². The molecule has 0 aliphatic rings. The molecule has 0 radical (unpaired) electrons. The monoisotopic (exact) mass is 312 g/mol. The second-order valence-electron chi connectivity index (χ2n) is 4.80. The summed E-state index contributed by atoms with van der Waals surface area (Å²) in [4.78, 5) is 2.08. The summed E-state index contributed by atoms with van der Waals surface area (Å²) in [6.07, 6.45) is 1.37. The average Bonchev–Trinajstić information content (AvgIpc) is 2.83. The van der Waals surface area contributed by atoms with Crippen molar-refractivity contribution in [3.8, 4) is 0 Å². The lowest BCUT2D eigenvalue weighted by molar-refractivity contribution is -0.369. The quantitative estimate of drug-likeness (QED) is 0.224. The summed E-state index contributed by atoms with van der Waals surface area (Å²) in [5, 5.41) is 16.8. The molecule has 1 aromatic heterocycles. The van der Waals surface area contributed by atoms with Crippen molar-refractivity contribution in [2.24, 2.45) is 0 Å².